The Morgan fingerprint density at radius 1 is 1.30 bits per heavy atom. The van der Waals surface area contributed by atoms with Crippen molar-refractivity contribution in [3.05, 3.63) is 53.3 Å². The number of methoxy groups -OCH3 is 1. The number of ether oxygens (including phenoxy) is 2. The topological polar surface area (TPSA) is 55.1 Å². The Morgan fingerprint density at radius 3 is 2.70 bits per heavy atom. The molecule has 1 aliphatic rings. The zero-order chi connectivity index (χ0) is 16.4. The van der Waals surface area contributed by atoms with Gasteiger partial charge in [0.1, 0.15) is 5.60 Å². The summed E-state index contributed by atoms with van der Waals surface area (Å²) in [6.45, 7) is 4.10. The fourth-order valence-electron chi connectivity index (χ4n) is 2.82. The number of nitrogens with zero attached hydrogens (tertiary/aromatic N) is 2. The molecule has 4 heteroatoms. The Hall–Kier alpha value is -2.80. The third-order valence-corrected chi connectivity index (χ3v) is 3.87. The smallest absolute Gasteiger partial charge is 0.165 e. The molecule has 1 aliphatic heterocycles. The molecule has 0 fully saturated rings. The number of rotatable bonds is 3. The second kappa shape index (κ2) is 5.77. The van der Waals surface area contributed by atoms with E-state index in [1.54, 1.807) is 19.5 Å². The first-order valence-electron chi connectivity index (χ1n) is 7.45. The normalized spacial score (nSPS) is 15.5. The summed E-state index contributed by atoms with van der Waals surface area (Å²) in [7, 11) is 1.64. The third-order valence-electron chi connectivity index (χ3n) is 3.87. The summed E-state index contributed by atoms with van der Waals surface area (Å²) in [5.74, 6) is 1.50. The summed E-state index contributed by atoms with van der Waals surface area (Å²) in [6.07, 6.45) is 6.05. The van der Waals surface area contributed by atoms with Crippen LogP contribution in [-0.2, 0) is 6.42 Å². The van der Waals surface area contributed by atoms with Crippen molar-refractivity contribution in [2.24, 2.45) is 0 Å². The van der Waals surface area contributed by atoms with E-state index in [1.165, 1.54) is 0 Å². The van der Waals surface area contributed by atoms with E-state index in [2.05, 4.69) is 11.1 Å². The maximum Gasteiger partial charge on any atom is 0.165 e. The summed E-state index contributed by atoms with van der Waals surface area (Å²) in [6, 6.07) is 9.79. The summed E-state index contributed by atoms with van der Waals surface area (Å²) >= 11 is 0. The SMILES string of the molecule is COc1ccc(/C=C(\C#N)c2ccncc2)c2c1OC(C)(C)C2. The first kappa shape index (κ1) is 15.1. The molecule has 0 saturated heterocycles. The predicted molar refractivity (Wildman–Crippen MR) is 89.1 cm³/mol. The molecule has 1 aromatic heterocycles. The molecule has 23 heavy (non-hydrogen) atoms. The van der Waals surface area contributed by atoms with Gasteiger partial charge >= 0.3 is 0 Å². The highest BCUT2D eigenvalue weighted by molar-refractivity contribution is 5.90. The Bertz CT molecular complexity index is 802. The Morgan fingerprint density at radius 2 is 2.04 bits per heavy atom. The fourth-order valence-corrected chi connectivity index (χ4v) is 2.82. The first-order chi connectivity index (χ1) is 11.0. The second-order valence-electron chi connectivity index (χ2n) is 6.11. The van der Waals surface area contributed by atoms with Gasteiger partial charge in [0, 0.05) is 24.4 Å². The zero-order valence-electron chi connectivity index (χ0n) is 13.5. The number of nitriles is 1. The minimum absolute atomic E-state index is 0.275. The molecule has 0 radical (unpaired) electrons. The standard InChI is InChI=1S/C19H18N2O2/c1-19(2)11-16-14(4-5-17(22-3)18(16)23-19)10-15(12-20)13-6-8-21-9-7-13/h4-10H,11H2,1-3H3/b15-10+. The molecule has 116 valence electrons. The lowest BCUT2D eigenvalue weighted by atomic mass is 9.95. The largest absolute Gasteiger partial charge is 0.493 e. The lowest BCUT2D eigenvalue weighted by molar-refractivity contribution is 0.134. The van der Waals surface area contributed by atoms with Crippen LogP contribution >= 0.6 is 0 Å². The van der Waals surface area contributed by atoms with Crippen LogP contribution in [0.3, 0.4) is 0 Å². The number of hydrogen-bond acceptors (Lipinski definition) is 4. The number of benzene rings is 1. The minimum Gasteiger partial charge on any atom is -0.493 e. The van der Waals surface area contributed by atoms with Crippen molar-refractivity contribution in [1.29, 1.82) is 5.26 Å². The van der Waals surface area contributed by atoms with E-state index in [0.717, 1.165) is 34.6 Å². The van der Waals surface area contributed by atoms with Crippen LogP contribution in [-0.4, -0.2) is 17.7 Å². The van der Waals surface area contributed by atoms with Crippen molar-refractivity contribution in [2.45, 2.75) is 25.9 Å². The molecule has 2 heterocycles. The van der Waals surface area contributed by atoms with Gasteiger partial charge < -0.3 is 9.47 Å². The molecule has 0 N–H and O–H groups in total. The van der Waals surface area contributed by atoms with E-state index in [-0.39, 0.29) is 5.60 Å². The second-order valence-corrected chi connectivity index (χ2v) is 6.11. The van der Waals surface area contributed by atoms with Crippen molar-refractivity contribution in [3.8, 4) is 17.6 Å². The fraction of sp³-hybridized carbons (Fsp3) is 0.263. The van der Waals surface area contributed by atoms with Crippen molar-refractivity contribution < 1.29 is 9.47 Å². The summed E-state index contributed by atoms with van der Waals surface area (Å²) in [5.41, 5.74) is 3.24. The lowest BCUT2D eigenvalue weighted by Crippen LogP contribution is -2.24. The quantitative estimate of drug-likeness (QED) is 0.808. The summed E-state index contributed by atoms with van der Waals surface area (Å²) in [4.78, 5) is 4.00. The van der Waals surface area contributed by atoms with E-state index in [1.807, 2.05) is 44.2 Å². The molecule has 0 unspecified atom stereocenters. The maximum absolute atomic E-state index is 9.50. The van der Waals surface area contributed by atoms with Gasteiger partial charge in [0.25, 0.3) is 0 Å². The minimum atomic E-state index is -0.275. The van der Waals surface area contributed by atoms with E-state index >= 15 is 0 Å². The van der Waals surface area contributed by atoms with Crippen LogP contribution < -0.4 is 9.47 Å². The average molecular weight is 306 g/mol. The van der Waals surface area contributed by atoms with Gasteiger partial charge in [-0.3, -0.25) is 4.98 Å². The molecule has 0 atom stereocenters. The van der Waals surface area contributed by atoms with Crippen LogP contribution in [0.4, 0.5) is 0 Å². The number of fused-ring (bicyclic) bond motifs is 1. The highest BCUT2D eigenvalue weighted by Crippen LogP contribution is 2.44. The van der Waals surface area contributed by atoms with Gasteiger partial charge in [-0.1, -0.05) is 6.07 Å². The molecular formula is C19H18N2O2. The van der Waals surface area contributed by atoms with Gasteiger partial charge in [-0.05, 0) is 49.2 Å². The molecule has 1 aromatic carbocycles. The van der Waals surface area contributed by atoms with E-state index in [0.29, 0.717) is 5.57 Å². The van der Waals surface area contributed by atoms with Gasteiger partial charge in [0.2, 0.25) is 0 Å². The Kier molecular flexibility index (Phi) is 3.79. The van der Waals surface area contributed by atoms with Gasteiger partial charge in [0.05, 0.1) is 18.8 Å². The average Bonchev–Trinajstić information content (AvgIpc) is 2.88. The van der Waals surface area contributed by atoms with Crippen LogP contribution in [0.5, 0.6) is 11.5 Å². The Labute approximate surface area is 136 Å². The molecule has 0 bridgehead atoms. The molecule has 2 aromatic rings. The number of aromatic nitrogens is 1. The predicted octanol–water partition coefficient (Wildman–Crippen LogP) is 3.87. The van der Waals surface area contributed by atoms with Crippen LogP contribution in [0.25, 0.3) is 11.6 Å². The molecule has 0 amide bonds. The van der Waals surface area contributed by atoms with Crippen LogP contribution in [0.1, 0.15) is 30.5 Å². The lowest BCUT2D eigenvalue weighted by Gasteiger charge is -2.17. The van der Waals surface area contributed by atoms with Crippen molar-refractivity contribution in [1.82, 2.24) is 4.98 Å². The number of allylic oxidation sites excluding steroid dienone is 1. The van der Waals surface area contributed by atoms with Crippen molar-refractivity contribution >= 4 is 11.6 Å². The van der Waals surface area contributed by atoms with E-state index in [4.69, 9.17) is 9.47 Å². The molecule has 3 rings (SSSR count). The van der Waals surface area contributed by atoms with E-state index in [9.17, 15) is 5.26 Å². The third kappa shape index (κ3) is 2.91. The summed E-state index contributed by atoms with van der Waals surface area (Å²) in [5, 5.41) is 9.50. The highest BCUT2D eigenvalue weighted by atomic mass is 16.5. The Balaban J connectivity index is 2.10. The maximum atomic E-state index is 9.50. The summed E-state index contributed by atoms with van der Waals surface area (Å²) < 4.78 is 11.4. The first-order valence-corrected chi connectivity index (χ1v) is 7.45. The van der Waals surface area contributed by atoms with Gasteiger partial charge in [0.15, 0.2) is 11.5 Å². The number of hydrogen-bond donors (Lipinski definition) is 0. The monoisotopic (exact) mass is 306 g/mol. The van der Waals surface area contributed by atoms with Crippen LogP contribution in [0, 0.1) is 11.3 Å². The number of pyridine rings is 1. The molecule has 0 saturated carbocycles. The van der Waals surface area contributed by atoms with Crippen molar-refractivity contribution in [2.75, 3.05) is 7.11 Å². The van der Waals surface area contributed by atoms with E-state index < -0.39 is 0 Å². The highest BCUT2D eigenvalue weighted by Gasteiger charge is 2.34. The van der Waals surface area contributed by atoms with Gasteiger partial charge in [-0.25, -0.2) is 0 Å². The molecule has 0 aliphatic carbocycles. The van der Waals surface area contributed by atoms with Crippen LogP contribution in [0.2, 0.25) is 0 Å². The zero-order valence-corrected chi connectivity index (χ0v) is 13.5. The van der Waals surface area contributed by atoms with Crippen LogP contribution in [0.15, 0.2) is 36.7 Å². The van der Waals surface area contributed by atoms with Gasteiger partial charge in [-0.2, -0.15) is 5.26 Å². The van der Waals surface area contributed by atoms with Crippen molar-refractivity contribution in [3.63, 3.8) is 0 Å². The molecular weight excluding hydrogens is 288 g/mol. The van der Waals surface area contributed by atoms with Gasteiger partial charge in [-0.15, -0.1) is 0 Å². The molecule has 0 spiro atoms. The molecule has 4 nitrogen and oxygen atoms in total.